The second-order valence-corrected chi connectivity index (χ2v) is 8.12. The molecule has 0 bridgehead atoms. The van der Waals surface area contributed by atoms with Crippen molar-refractivity contribution in [1.29, 1.82) is 0 Å². The van der Waals surface area contributed by atoms with Crippen LogP contribution in [0.25, 0.3) is 0 Å². The number of amides is 2. The number of nitrogens with one attached hydrogen (secondary N) is 1. The van der Waals surface area contributed by atoms with Gasteiger partial charge in [0.25, 0.3) is 11.8 Å². The minimum Gasteiger partial charge on any atom is -0.497 e. The number of fused-ring (bicyclic) bond motifs is 1. The van der Waals surface area contributed by atoms with E-state index in [1.54, 1.807) is 62.4 Å². The van der Waals surface area contributed by atoms with E-state index in [0.29, 0.717) is 42.3 Å². The lowest BCUT2D eigenvalue weighted by atomic mass is 10.1. The van der Waals surface area contributed by atoms with Crippen molar-refractivity contribution in [2.75, 3.05) is 26.1 Å². The third-order valence-electron chi connectivity index (χ3n) is 5.82. The van der Waals surface area contributed by atoms with Crippen molar-refractivity contribution in [3.05, 3.63) is 83.4 Å². The summed E-state index contributed by atoms with van der Waals surface area (Å²) in [6, 6.07) is 20.2. The number of carbonyl (C=O) groups is 2. The van der Waals surface area contributed by atoms with Crippen LogP contribution < -0.4 is 19.5 Å². The lowest BCUT2D eigenvalue weighted by molar-refractivity contribution is -0.137. The third kappa shape index (κ3) is 5.31. The van der Waals surface area contributed by atoms with Gasteiger partial charge in [-0.1, -0.05) is 12.1 Å². The summed E-state index contributed by atoms with van der Waals surface area (Å²) in [5.74, 6) is 1.85. The number of hydrogen-bond acceptors (Lipinski definition) is 5. The minimum atomic E-state index is -0.586. The average Bonchev–Trinajstić information content (AvgIpc) is 2.98. The summed E-state index contributed by atoms with van der Waals surface area (Å²) in [7, 11) is 3.22. The number of benzene rings is 3. The molecule has 1 heterocycles. The maximum Gasteiger partial charge on any atom is 0.263 e. The number of nitrogens with zero attached hydrogens (tertiary/aromatic N) is 1. The van der Waals surface area contributed by atoms with Crippen molar-refractivity contribution in [1.82, 2.24) is 4.90 Å². The number of anilines is 1. The van der Waals surface area contributed by atoms with Crippen molar-refractivity contribution in [3.63, 3.8) is 0 Å². The topological polar surface area (TPSA) is 77.1 Å². The molecular weight excluding hydrogens is 432 g/mol. The van der Waals surface area contributed by atoms with E-state index in [1.807, 2.05) is 30.3 Å². The largest absolute Gasteiger partial charge is 0.497 e. The molecule has 4 rings (SSSR count). The Kier molecular flexibility index (Phi) is 7.01. The highest BCUT2D eigenvalue weighted by Gasteiger charge is 2.28. The molecule has 3 aromatic rings. The van der Waals surface area contributed by atoms with E-state index in [2.05, 4.69) is 5.32 Å². The fraction of sp³-hybridized carbons (Fsp3) is 0.259. The second kappa shape index (κ2) is 10.3. The first-order chi connectivity index (χ1) is 16.5. The van der Waals surface area contributed by atoms with Crippen molar-refractivity contribution in [3.8, 4) is 17.2 Å². The highest BCUT2D eigenvalue weighted by Crippen LogP contribution is 2.29. The maximum absolute atomic E-state index is 12.9. The first-order valence-corrected chi connectivity index (χ1v) is 11.1. The zero-order valence-electron chi connectivity index (χ0n) is 19.5. The van der Waals surface area contributed by atoms with E-state index in [1.165, 1.54) is 0 Å². The normalized spacial score (nSPS) is 15.1. The van der Waals surface area contributed by atoms with E-state index in [9.17, 15) is 9.59 Å². The van der Waals surface area contributed by atoms with Gasteiger partial charge in [-0.2, -0.15) is 0 Å². The van der Waals surface area contributed by atoms with E-state index in [0.717, 1.165) is 16.9 Å². The zero-order valence-corrected chi connectivity index (χ0v) is 19.5. The van der Waals surface area contributed by atoms with Crippen LogP contribution >= 0.6 is 0 Å². The van der Waals surface area contributed by atoms with E-state index in [-0.39, 0.29) is 11.8 Å². The monoisotopic (exact) mass is 460 g/mol. The van der Waals surface area contributed by atoms with Gasteiger partial charge in [0, 0.05) is 29.9 Å². The van der Waals surface area contributed by atoms with E-state index < -0.39 is 6.10 Å². The van der Waals surface area contributed by atoms with Gasteiger partial charge in [0.1, 0.15) is 17.2 Å². The fourth-order valence-corrected chi connectivity index (χ4v) is 3.87. The van der Waals surface area contributed by atoms with Crippen molar-refractivity contribution in [2.45, 2.75) is 26.0 Å². The molecule has 0 spiro atoms. The van der Waals surface area contributed by atoms with Crippen molar-refractivity contribution >= 4 is 17.5 Å². The molecule has 0 radical (unpaired) electrons. The average molecular weight is 461 g/mol. The summed E-state index contributed by atoms with van der Waals surface area (Å²) in [4.78, 5) is 27.4. The molecular formula is C27H28N2O5. The third-order valence-corrected chi connectivity index (χ3v) is 5.82. The summed E-state index contributed by atoms with van der Waals surface area (Å²) in [5.41, 5.74) is 3.13. The van der Waals surface area contributed by atoms with Gasteiger partial charge in [-0.25, -0.2) is 0 Å². The number of rotatable bonds is 7. The van der Waals surface area contributed by atoms with Crippen LogP contribution in [0.4, 0.5) is 5.69 Å². The molecule has 0 fully saturated rings. The van der Waals surface area contributed by atoms with Crippen molar-refractivity contribution < 1.29 is 23.8 Å². The molecule has 34 heavy (non-hydrogen) atoms. The SMILES string of the molecule is COc1ccc(CCN2Cc3cc(NC(=O)c4ccc(OC)cc4)ccc3OC(C)C2=O)cc1. The molecule has 0 saturated heterocycles. The van der Waals surface area contributed by atoms with E-state index >= 15 is 0 Å². The molecule has 0 saturated carbocycles. The Morgan fingerprint density at radius 1 is 1.00 bits per heavy atom. The summed E-state index contributed by atoms with van der Waals surface area (Å²) in [5, 5.41) is 2.92. The Labute approximate surface area is 199 Å². The Balaban J connectivity index is 1.47. The van der Waals surface area contributed by atoms with Crippen LogP contribution in [0.5, 0.6) is 17.2 Å². The minimum absolute atomic E-state index is 0.0615. The molecule has 7 nitrogen and oxygen atoms in total. The fourth-order valence-electron chi connectivity index (χ4n) is 3.87. The summed E-state index contributed by atoms with van der Waals surface area (Å²) < 4.78 is 16.3. The first-order valence-electron chi connectivity index (χ1n) is 11.1. The molecule has 3 aromatic carbocycles. The van der Waals surface area contributed by atoms with Gasteiger partial charge in [-0.05, 0) is 73.5 Å². The van der Waals surface area contributed by atoms with Crippen LogP contribution in [0.3, 0.4) is 0 Å². The van der Waals surface area contributed by atoms with Gasteiger partial charge in [0.2, 0.25) is 0 Å². The van der Waals surface area contributed by atoms with Crippen LogP contribution in [0.15, 0.2) is 66.7 Å². The maximum atomic E-state index is 12.9. The summed E-state index contributed by atoms with van der Waals surface area (Å²) in [6.07, 6.45) is 0.128. The lowest BCUT2D eigenvalue weighted by Gasteiger charge is -2.22. The van der Waals surface area contributed by atoms with Gasteiger partial charge in [-0.3, -0.25) is 9.59 Å². The van der Waals surface area contributed by atoms with Crippen LogP contribution in [0.2, 0.25) is 0 Å². The Morgan fingerprint density at radius 3 is 2.29 bits per heavy atom. The first kappa shape index (κ1) is 23.2. The smallest absolute Gasteiger partial charge is 0.263 e. The zero-order chi connectivity index (χ0) is 24.1. The molecule has 176 valence electrons. The standard InChI is InChI=1S/C27H28N2O5/c1-18-27(31)29(15-14-19-4-9-23(32-2)10-5-19)17-21-16-22(8-13-25(21)34-18)28-26(30)20-6-11-24(33-3)12-7-20/h4-13,16,18H,14-15,17H2,1-3H3,(H,28,30). The molecule has 1 atom stereocenters. The molecule has 0 aromatic heterocycles. The number of hydrogen-bond donors (Lipinski definition) is 1. The number of ether oxygens (including phenoxy) is 3. The van der Waals surface area contributed by atoms with Gasteiger partial charge in [-0.15, -0.1) is 0 Å². The quantitative estimate of drug-likeness (QED) is 0.569. The number of methoxy groups -OCH3 is 2. The second-order valence-electron chi connectivity index (χ2n) is 8.12. The Hall–Kier alpha value is -4.00. The molecule has 1 aliphatic rings. The molecule has 2 amide bonds. The predicted molar refractivity (Wildman–Crippen MR) is 130 cm³/mol. The summed E-state index contributed by atoms with van der Waals surface area (Å²) >= 11 is 0. The highest BCUT2D eigenvalue weighted by molar-refractivity contribution is 6.04. The van der Waals surface area contributed by atoms with Gasteiger partial charge in [0.15, 0.2) is 6.10 Å². The lowest BCUT2D eigenvalue weighted by Crippen LogP contribution is -2.39. The Bertz CT molecular complexity index is 1160. The van der Waals surface area contributed by atoms with Crippen LogP contribution in [-0.2, 0) is 17.8 Å². The van der Waals surface area contributed by atoms with E-state index in [4.69, 9.17) is 14.2 Å². The molecule has 0 aliphatic carbocycles. The van der Waals surface area contributed by atoms with Crippen molar-refractivity contribution in [2.24, 2.45) is 0 Å². The van der Waals surface area contributed by atoms with Gasteiger partial charge >= 0.3 is 0 Å². The number of carbonyl (C=O) groups excluding carboxylic acids is 2. The molecule has 1 aliphatic heterocycles. The molecule has 7 heteroatoms. The highest BCUT2D eigenvalue weighted by atomic mass is 16.5. The summed E-state index contributed by atoms with van der Waals surface area (Å²) in [6.45, 7) is 2.72. The predicted octanol–water partition coefficient (Wildman–Crippen LogP) is 4.31. The molecule has 1 N–H and O–H groups in total. The van der Waals surface area contributed by atoms with Gasteiger partial charge < -0.3 is 24.4 Å². The van der Waals surface area contributed by atoms with Gasteiger partial charge in [0.05, 0.1) is 14.2 Å². The van der Waals surface area contributed by atoms with Crippen LogP contribution in [0, 0.1) is 0 Å². The Morgan fingerprint density at radius 2 is 1.65 bits per heavy atom. The molecule has 1 unspecified atom stereocenters. The van der Waals surface area contributed by atoms with Crippen LogP contribution in [-0.4, -0.2) is 43.6 Å². The van der Waals surface area contributed by atoms with Crippen LogP contribution in [0.1, 0.15) is 28.4 Å².